The molecule has 2 amide bonds. The van der Waals surface area contributed by atoms with Crippen LogP contribution >= 0.6 is 0 Å². The molecule has 1 heterocycles. The Labute approximate surface area is 189 Å². The second-order valence-electron chi connectivity index (χ2n) is 9.64. The highest BCUT2D eigenvalue weighted by molar-refractivity contribution is 6.02. The van der Waals surface area contributed by atoms with E-state index < -0.39 is 5.54 Å². The molecule has 1 aliphatic heterocycles. The monoisotopic (exact) mass is 434 g/mol. The van der Waals surface area contributed by atoms with Gasteiger partial charge in [0.25, 0.3) is 5.91 Å². The molecule has 168 valence electrons. The van der Waals surface area contributed by atoms with Crippen LogP contribution in [0.2, 0.25) is 0 Å². The first-order chi connectivity index (χ1) is 15.6. The maximum atomic E-state index is 13.8. The number of nitrogens with one attached hydrogen (secondary N) is 1. The van der Waals surface area contributed by atoms with Crippen LogP contribution in [0, 0.1) is 5.82 Å². The van der Waals surface area contributed by atoms with Crippen LogP contribution in [0.4, 0.5) is 4.39 Å². The molecule has 3 aliphatic rings. The van der Waals surface area contributed by atoms with E-state index in [0.717, 1.165) is 62.5 Å². The predicted molar refractivity (Wildman–Crippen MR) is 122 cm³/mol. The van der Waals surface area contributed by atoms with Gasteiger partial charge in [-0.15, -0.1) is 0 Å². The topological polar surface area (TPSA) is 49.4 Å². The summed E-state index contributed by atoms with van der Waals surface area (Å²) in [6.07, 6.45) is 9.40. The zero-order valence-corrected chi connectivity index (χ0v) is 18.5. The molecule has 2 aromatic rings. The van der Waals surface area contributed by atoms with Gasteiger partial charge in [-0.1, -0.05) is 62.4 Å². The van der Waals surface area contributed by atoms with Gasteiger partial charge < -0.3 is 10.2 Å². The van der Waals surface area contributed by atoms with Crippen LogP contribution in [0.1, 0.15) is 85.2 Å². The third-order valence-electron chi connectivity index (χ3n) is 7.79. The van der Waals surface area contributed by atoms with Gasteiger partial charge in [0.05, 0.1) is 11.5 Å². The highest BCUT2D eigenvalue weighted by Crippen LogP contribution is 2.52. The fourth-order valence-electron chi connectivity index (χ4n) is 6.37. The summed E-state index contributed by atoms with van der Waals surface area (Å²) < 4.78 is 13.3. The van der Waals surface area contributed by atoms with E-state index in [-0.39, 0.29) is 29.6 Å². The average Bonchev–Trinajstić information content (AvgIpc) is 3.29. The highest BCUT2D eigenvalue weighted by atomic mass is 19.1. The molecule has 0 radical (unpaired) electrons. The predicted octanol–water partition coefficient (Wildman–Crippen LogP) is 5.33. The molecule has 0 saturated heterocycles. The number of hydrogen-bond donors (Lipinski definition) is 1. The molecule has 2 saturated carbocycles. The van der Waals surface area contributed by atoms with Crippen molar-refractivity contribution >= 4 is 11.8 Å². The first kappa shape index (κ1) is 21.2. The minimum atomic E-state index is -0.444. The van der Waals surface area contributed by atoms with Gasteiger partial charge in [0, 0.05) is 18.2 Å². The van der Waals surface area contributed by atoms with E-state index in [1.54, 1.807) is 12.1 Å². The lowest BCUT2D eigenvalue weighted by Crippen LogP contribution is -2.63. The Morgan fingerprint density at radius 1 is 0.969 bits per heavy atom. The molecule has 4 nitrogen and oxygen atoms in total. The number of carbonyl (C=O) groups excluding carboxylic acids is 2. The molecule has 0 aromatic heterocycles. The Morgan fingerprint density at radius 2 is 1.66 bits per heavy atom. The van der Waals surface area contributed by atoms with Crippen molar-refractivity contribution in [2.45, 2.75) is 81.8 Å². The Kier molecular flexibility index (Phi) is 5.75. The van der Waals surface area contributed by atoms with Crippen LogP contribution in [0.25, 0.3) is 0 Å². The van der Waals surface area contributed by atoms with E-state index in [2.05, 4.69) is 10.2 Å². The lowest BCUT2D eigenvalue weighted by Gasteiger charge is -2.54. The maximum absolute atomic E-state index is 13.8. The van der Waals surface area contributed by atoms with Crippen LogP contribution < -0.4 is 5.32 Å². The largest absolute Gasteiger partial charge is 0.351 e. The summed E-state index contributed by atoms with van der Waals surface area (Å²) in [6, 6.07) is 14.1. The first-order valence-electron chi connectivity index (χ1n) is 12.0. The van der Waals surface area contributed by atoms with E-state index >= 15 is 0 Å². The Balaban J connectivity index is 1.52. The van der Waals surface area contributed by atoms with Crippen molar-refractivity contribution in [3.63, 3.8) is 0 Å². The molecule has 5 rings (SSSR count). The summed E-state index contributed by atoms with van der Waals surface area (Å²) >= 11 is 0. The second-order valence-corrected chi connectivity index (χ2v) is 9.64. The third kappa shape index (κ3) is 3.62. The molecule has 1 N–H and O–H groups in total. The van der Waals surface area contributed by atoms with Gasteiger partial charge in [-0.25, -0.2) is 4.39 Å². The SMILES string of the molecule is O=C(NCc1ccc(F)cc1)C1c2ccccc2C(=O)N(C2CCCCC2)C12CCCC2. The van der Waals surface area contributed by atoms with E-state index in [9.17, 15) is 14.0 Å². The van der Waals surface area contributed by atoms with Crippen LogP contribution in [0.5, 0.6) is 0 Å². The van der Waals surface area contributed by atoms with Gasteiger partial charge >= 0.3 is 0 Å². The van der Waals surface area contributed by atoms with Gasteiger partial charge in [0.1, 0.15) is 5.82 Å². The van der Waals surface area contributed by atoms with E-state index in [0.29, 0.717) is 12.1 Å². The van der Waals surface area contributed by atoms with Crippen molar-refractivity contribution in [2.24, 2.45) is 0 Å². The Bertz CT molecular complexity index is 991. The number of hydrogen-bond acceptors (Lipinski definition) is 2. The number of fused-ring (bicyclic) bond motifs is 1. The third-order valence-corrected chi connectivity index (χ3v) is 7.79. The lowest BCUT2D eigenvalue weighted by molar-refractivity contribution is -0.127. The average molecular weight is 435 g/mol. The Hall–Kier alpha value is -2.69. The molecule has 2 fully saturated rings. The number of nitrogens with zero attached hydrogens (tertiary/aromatic N) is 1. The van der Waals surface area contributed by atoms with Crippen molar-refractivity contribution in [1.29, 1.82) is 0 Å². The van der Waals surface area contributed by atoms with E-state index in [1.165, 1.54) is 18.6 Å². The molecule has 1 atom stereocenters. The van der Waals surface area contributed by atoms with Crippen molar-refractivity contribution in [1.82, 2.24) is 10.2 Å². The van der Waals surface area contributed by atoms with Crippen LogP contribution in [-0.2, 0) is 11.3 Å². The number of rotatable bonds is 4. The van der Waals surface area contributed by atoms with Gasteiger partial charge in [-0.05, 0) is 55.0 Å². The number of amides is 2. The summed E-state index contributed by atoms with van der Waals surface area (Å²) in [7, 11) is 0. The van der Waals surface area contributed by atoms with Crippen molar-refractivity contribution in [3.05, 3.63) is 71.0 Å². The molecule has 1 unspecified atom stereocenters. The van der Waals surface area contributed by atoms with Gasteiger partial charge in [-0.3, -0.25) is 9.59 Å². The molecule has 2 aliphatic carbocycles. The summed E-state index contributed by atoms with van der Waals surface area (Å²) in [5.41, 5.74) is 1.96. The van der Waals surface area contributed by atoms with Crippen LogP contribution in [0.15, 0.2) is 48.5 Å². The summed E-state index contributed by atoms with van der Waals surface area (Å²) in [5, 5.41) is 3.12. The summed E-state index contributed by atoms with van der Waals surface area (Å²) in [4.78, 5) is 29.7. The normalized spacial score (nSPS) is 22.7. The molecule has 32 heavy (non-hydrogen) atoms. The van der Waals surface area contributed by atoms with Crippen molar-refractivity contribution in [3.8, 4) is 0 Å². The quantitative estimate of drug-likeness (QED) is 0.707. The van der Waals surface area contributed by atoms with Gasteiger partial charge in [0.15, 0.2) is 0 Å². The molecule has 2 aromatic carbocycles. The molecular formula is C27H31FN2O2. The molecule has 0 bridgehead atoms. The number of carbonyl (C=O) groups is 2. The van der Waals surface area contributed by atoms with Gasteiger partial charge in [0.2, 0.25) is 5.91 Å². The number of benzene rings is 2. The standard InChI is InChI=1S/C27H31FN2O2/c28-20-14-12-19(13-15-20)18-29-25(31)24-22-10-4-5-11-23(22)26(32)30(21-8-2-1-3-9-21)27(24)16-6-7-17-27/h4-5,10-15,21,24H,1-3,6-9,16-18H2,(H,29,31). The highest BCUT2D eigenvalue weighted by Gasteiger charge is 2.57. The smallest absolute Gasteiger partial charge is 0.254 e. The zero-order valence-electron chi connectivity index (χ0n) is 18.5. The second kappa shape index (κ2) is 8.68. The fraction of sp³-hybridized carbons (Fsp3) is 0.481. The molecular weight excluding hydrogens is 403 g/mol. The van der Waals surface area contributed by atoms with Crippen LogP contribution in [-0.4, -0.2) is 28.3 Å². The van der Waals surface area contributed by atoms with Gasteiger partial charge in [-0.2, -0.15) is 0 Å². The number of halogens is 1. The lowest BCUT2D eigenvalue weighted by atomic mass is 9.69. The zero-order chi connectivity index (χ0) is 22.1. The van der Waals surface area contributed by atoms with E-state index in [1.807, 2.05) is 24.3 Å². The summed E-state index contributed by atoms with van der Waals surface area (Å²) in [6.45, 7) is 0.352. The van der Waals surface area contributed by atoms with Crippen LogP contribution in [0.3, 0.4) is 0 Å². The minimum Gasteiger partial charge on any atom is -0.351 e. The minimum absolute atomic E-state index is 0.0306. The van der Waals surface area contributed by atoms with Crippen molar-refractivity contribution in [2.75, 3.05) is 0 Å². The first-order valence-corrected chi connectivity index (χ1v) is 12.0. The fourth-order valence-corrected chi connectivity index (χ4v) is 6.37. The Morgan fingerprint density at radius 3 is 2.38 bits per heavy atom. The molecule has 1 spiro atoms. The maximum Gasteiger partial charge on any atom is 0.254 e. The van der Waals surface area contributed by atoms with E-state index in [4.69, 9.17) is 0 Å². The summed E-state index contributed by atoms with van der Waals surface area (Å²) in [5.74, 6) is -0.580. The molecule has 5 heteroatoms. The van der Waals surface area contributed by atoms with Crippen molar-refractivity contribution < 1.29 is 14.0 Å².